The minimum Gasteiger partial charge on any atom is -0.432 e. The van der Waals surface area contributed by atoms with Gasteiger partial charge in [0.1, 0.15) is 12.1 Å². The first-order valence-electron chi connectivity index (χ1n) is 6.51. The highest BCUT2D eigenvalue weighted by Crippen LogP contribution is 2.25. The molecule has 6 nitrogen and oxygen atoms in total. The van der Waals surface area contributed by atoms with Crippen LogP contribution in [0.25, 0.3) is 0 Å². The number of aromatic nitrogens is 2. The van der Waals surface area contributed by atoms with E-state index in [0.29, 0.717) is 17.5 Å². The Hall–Kier alpha value is -2.57. The molecule has 0 radical (unpaired) electrons. The predicted octanol–water partition coefficient (Wildman–Crippen LogP) is 4.37. The molecular formula is C15H10Cl2N4O2. The van der Waals surface area contributed by atoms with Crippen molar-refractivity contribution in [2.45, 2.75) is 0 Å². The molecule has 1 amide bonds. The Labute approximate surface area is 141 Å². The van der Waals surface area contributed by atoms with Crippen LogP contribution in [-0.4, -0.2) is 15.9 Å². The van der Waals surface area contributed by atoms with Crippen molar-refractivity contribution in [3.8, 4) is 0 Å². The third kappa shape index (κ3) is 3.61. The minimum atomic E-state index is -0.408. The third-order valence-electron chi connectivity index (χ3n) is 2.87. The minimum absolute atomic E-state index is 0.217. The molecule has 0 fully saturated rings. The molecule has 0 aliphatic heterocycles. The molecular weight excluding hydrogens is 339 g/mol. The van der Waals surface area contributed by atoms with Gasteiger partial charge in [-0.3, -0.25) is 10.1 Å². The van der Waals surface area contributed by atoms with Gasteiger partial charge in [0.25, 0.3) is 11.9 Å². The lowest BCUT2D eigenvalue weighted by atomic mass is 10.2. The van der Waals surface area contributed by atoms with Crippen LogP contribution in [0.4, 0.5) is 17.5 Å². The number of oxazole rings is 1. The molecule has 8 heteroatoms. The second-order valence-corrected chi connectivity index (χ2v) is 5.26. The average molecular weight is 349 g/mol. The van der Waals surface area contributed by atoms with E-state index in [2.05, 4.69) is 20.6 Å². The van der Waals surface area contributed by atoms with Gasteiger partial charge < -0.3 is 9.73 Å². The fourth-order valence-electron chi connectivity index (χ4n) is 1.88. The number of hydrogen-bond acceptors (Lipinski definition) is 5. The molecule has 3 rings (SSSR count). The zero-order valence-electron chi connectivity index (χ0n) is 11.6. The molecule has 3 aromatic rings. The van der Waals surface area contributed by atoms with Crippen LogP contribution in [-0.2, 0) is 0 Å². The lowest BCUT2D eigenvalue weighted by Crippen LogP contribution is -2.13. The summed E-state index contributed by atoms with van der Waals surface area (Å²) in [5.41, 5.74) is 0.741. The van der Waals surface area contributed by atoms with Gasteiger partial charge in [-0.2, -0.15) is 0 Å². The van der Waals surface area contributed by atoms with Crippen LogP contribution in [0.1, 0.15) is 10.4 Å². The van der Waals surface area contributed by atoms with Gasteiger partial charge in [-0.1, -0.05) is 29.3 Å². The fourth-order valence-corrected chi connectivity index (χ4v) is 2.45. The van der Waals surface area contributed by atoms with Crippen molar-refractivity contribution >= 4 is 46.6 Å². The van der Waals surface area contributed by atoms with Crippen molar-refractivity contribution in [1.29, 1.82) is 0 Å². The van der Waals surface area contributed by atoms with E-state index in [1.54, 1.807) is 30.3 Å². The van der Waals surface area contributed by atoms with Crippen LogP contribution in [0.15, 0.2) is 53.4 Å². The van der Waals surface area contributed by atoms with Crippen LogP contribution in [0, 0.1) is 0 Å². The lowest BCUT2D eigenvalue weighted by Gasteiger charge is -2.09. The Morgan fingerprint density at radius 1 is 1.09 bits per heavy atom. The quantitative estimate of drug-likeness (QED) is 0.731. The summed E-state index contributed by atoms with van der Waals surface area (Å²) in [6, 6.07) is 8.45. The largest absolute Gasteiger partial charge is 0.432 e. The van der Waals surface area contributed by atoms with Crippen LogP contribution in [0.3, 0.4) is 0 Å². The maximum atomic E-state index is 12.3. The predicted molar refractivity (Wildman–Crippen MR) is 88.4 cm³/mol. The fraction of sp³-hybridized carbons (Fsp3) is 0. The van der Waals surface area contributed by atoms with Gasteiger partial charge in [0, 0.05) is 18.0 Å². The second-order valence-electron chi connectivity index (χ2n) is 4.44. The van der Waals surface area contributed by atoms with Crippen LogP contribution in [0.2, 0.25) is 10.0 Å². The van der Waals surface area contributed by atoms with Crippen LogP contribution >= 0.6 is 23.2 Å². The van der Waals surface area contributed by atoms with Crippen molar-refractivity contribution in [3.63, 3.8) is 0 Å². The van der Waals surface area contributed by atoms with E-state index in [1.165, 1.54) is 18.7 Å². The van der Waals surface area contributed by atoms with Crippen molar-refractivity contribution in [2.75, 3.05) is 10.6 Å². The molecule has 0 spiro atoms. The van der Waals surface area contributed by atoms with Gasteiger partial charge in [-0.05, 0) is 18.2 Å². The molecule has 0 aliphatic rings. The molecule has 0 atom stereocenters. The van der Waals surface area contributed by atoms with Crippen LogP contribution < -0.4 is 10.6 Å². The number of nitrogens with zero attached hydrogens (tertiary/aromatic N) is 2. The van der Waals surface area contributed by atoms with E-state index in [4.69, 9.17) is 27.6 Å². The summed E-state index contributed by atoms with van der Waals surface area (Å²) < 4.78 is 5.07. The number of rotatable bonds is 4. The molecule has 0 saturated heterocycles. The van der Waals surface area contributed by atoms with Crippen molar-refractivity contribution in [1.82, 2.24) is 9.97 Å². The highest BCUT2D eigenvalue weighted by molar-refractivity contribution is 6.40. The molecule has 1 aromatic carbocycles. The van der Waals surface area contributed by atoms with Crippen LogP contribution in [0.5, 0.6) is 0 Å². The van der Waals surface area contributed by atoms with E-state index >= 15 is 0 Å². The van der Waals surface area contributed by atoms with Gasteiger partial charge in [0.05, 0.1) is 21.8 Å². The van der Waals surface area contributed by atoms with Crippen molar-refractivity contribution < 1.29 is 9.21 Å². The molecule has 2 N–H and O–H groups in total. The van der Waals surface area contributed by atoms with E-state index in [-0.39, 0.29) is 15.6 Å². The summed E-state index contributed by atoms with van der Waals surface area (Å²) in [5.74, 6) is 0.0596. The van der Waals surface area contributed by atoms with E-state index in [0.717, 1.165) is 0 Å². The Morgan fingerprint density at radius 3 is 2.57 bits per heavy atom. The molecule has 0 unspecified atom stereocenters. The number of amides is 1. The Bertz CT molecular complexity index is 817. The normalized spacial score (nSPS) is 10.3. The number of hydrogen-bond donors (Lipinski definition) is 2. The number of benzene rings is 1. The SMILES string of the molecule is O=C(Nc1ccnc(Nc2ncco2)c1)c1c(Cl)cccc1Cl. The first-order chi connectivity index (χ1) is 11.1. The molecule has 116 valence electrons. The Morgan fingerprint density at radius 2 is 1.87 bits per heavy atom. The van der Waals surface area contributed by atoms with Gasteiger partial charge in [0.15, 0.2) is 0 Å². The van der Waals surface area contributed by atoms with E-state index < -0.39 is 5.91 Å². The van der Waals surface area contributed by atoms with E-state index in [9.17, 15) is 4.79 Å². The summed E-state index contributed by atoms with van der Waals surface area (Å²) in [7, 11) is 0. The number of nitrogens with one attached hydrogen (secondary N) is 2. The number of carbonyl (C=O) groups excluding carboxylic acids is 1. The summed E-state index contributed by atoms with van der Waals surface area (Å²) >= 11 is 12.1. The van der Waals surface area contributed by atoms with Gasteiger partial charge in [-0.25, -0.2) is 9.97 Å². The summed E-state index contributed by atoms with van der Waals surface area (Å²) in [6.07, 6.45) is 4.48. The van der Waals surface area contributed by atoms with Crippen molar-refractivity contribution in [3.05, 3.63) is 64.6 Å². The number of pyridine rings is 1. The van der Waals surface area contributed by atoms with Crippen molar-refractivity contribution in [2.24, 2.45) is 0 Å². The zero-order chi connectivity index (χ0) is 16.2. The number of carbonyl (C=O) groups is 1. The number of halogens is 2. The van der Waals surface area contributed by atoms with Gasteiger partial charge in [0.2, 0.25) is 0 Å². The molecule has 0 bridgehead atoms. The lowest BCUT2D eigenvalue weighted by molar-refractivity contribution is 0.102. The first kappa shape index (κ1) is 15.3. The maximum absolute atomic E-state index is 12.3. The smallest absolute Gasteiger partial charge is 0.300 e. The standard InChI is InChI=1S/C15H10Cl2N4O2/c16-10-2-1-3-11(17)13(10)14(22)20-9-4-5-18-12(8-9)21-15-19-6-7-23-15/h1-8H,(H2,18,19,20,21,22). The maximum Gasteiger partial charge on any atom is 0.300 e. The second kappa shape index (κ2) is 6.68. The summed E-state index contributed by atoms with van der Waals surface area (Å²) in [6.45, 7) is 0. The summed E-state index contributed by atoms with van der Waals surface area (Å²) in [4.78, 5) is 20.4. The van der Waals surface area contributed by atoms with Gasteiger partial charge in [-0.15, -0.1) is 0 Å². The Balaban J connectivity index is 1.79. The summed E-state index contributed by atoms with van der Waals surface area (Å²) in [5, 5.41) is 6.15. The molecule has 0 saturated carbocycles. The molecule has 2 aromatic heterocycles. The molecule has 2 heterocycles. The highest BCUT2D eigenvalue weighted by Gasteiger charge is 2.15. The molecule has 23 heavy (non-hydrogen) atoms. The zero-order valence-corrected chi connectivity index (χ0v) is 13.1. The monoisotopic (exact) mass is 348 g/mol. The third-order valence-corrected chi connectivity index (χ3v) is 3.50. The molecule has 0 aliphatic carbocycles. The topological polar surface area (TPSA) is 80.0 Å². The van der Waals surface area contributed by atoms with Gasteiger partial charge >= 0.3 is 0 Å². The first-order valence-corrected chi connectivity index (χ1v) is 7.27. The highest BCUT2D eigenvalue weighted by atomic mass is 35.5. The van der Waals surface area contributed by atoms with E-state index in [1.807, 2.05) is 0 Å². The average Bonchev–Trinajstić information content (AvgIpc) is 3.00. The number of anilines is 3. The Kier molecular flexibility index (Phi) is 4.45.